The molecule has 0 spiro atoms. The Morgan fingerprint density at radius 1 is 1.35 bits per heavy atom. The highest BCUT2D eigenvalue weighted by Gasteiger charge is 2.09. The molecule has 4 nitrogen and oxygen atoms in total. The van der Waals surface area contributed by atoms with E-state index < -0.39 is 10.0 Å². The van der Waals surface area contributed by atoms with Gasteiger partial charge < -0.3 is 4.98 Å². The summed E-state index contributed by atoms with van der Waals surface area (Å²) in [6.07, 6.45) is 2.36. The average molecular weight is 258 g/mol. The second-order valence-corrected chi connectivity index (χ2v) is 6.35. The Balaban J connectivity index is 2.40. The lowest BCUT2D eigenvalue weighted by Gasteiger charge is -2.05. The quantitative estimate of drug-likeness (QED) is 0.784. The molecule has 0 aromatic carbocycles. The molecule has 2 N–H and O–H groups in total. The average Bonchev–Trinajstić information content (AvgIpc) is 2.55. The Morgan fingerprint density at radius 3 is 2.59 bits per heavy atom. The van der Waals surface area contributed by atoms with E-state index in [1.807, 2.05) is 20.8 Å². The van der Waals surface area contributed by atoms with Crippen molar-refractivity contribution >= 4 is 10.0 Å². The van der Waals surface area contributed by atoms with Crippen LogP contribution in [-0.2, 0) is 16.4 Å². The Morgan fingerprint density at radius 2 is 2.06 bits per heavy atom. The number of nitrogens with one attached hydrogen (secondary N) is 2. The lowest BCUT2D eigenvalue weighted by atomic mass is 10.2. The third-order valence-corrected chi connectivity index (χ3v) is 4.21. The molecule has 5 heteroatoms. The standard InChI is InChI=1S/C12H22N2O2S/c1-4-5-8-17(15,16)13-7-6-12-9-10(2)14-11(12)3/h9,13-14H,4-8H2,1-3H3. The predicted octanol–water partition coefficient (Wildman–Crippen LogP) is 1.89. The summed E-state index contributed by atoms with van der Waals surface area (Å²) in [5, 5.41) is 0. The number of hydrogen-bond donors (Lipinski definition) is 2. The van der Waals surface area contributed by atoms with Crippen LogP contribution in [0.3, 0.4) is 0 Å². The van der Waals surface area contributed by atoms with E-state index in [4.69, 9.17) is 0 Å². The Hall–Kier alpha value is -0.810. The molecule has 0 bridgehead atoms. The summed E-state index contributed by atoms with van der Waals surface area (Å²) in [5.41, 5.74) is 3.42. The molecule has 0 amide bonds. The van der Waals surface area contributed by atoms with Crippen molar-refractivity contribution in [1.82, 2.24) is 9.71 Å². The SMILES string of the molecule is CCCCS(=O)(=O)NCCc1cc(C)[nH]c1C. The van der Waals surface area contributed by atoms with Crippen molar-refractivity contribution < 1.29 is 8.42 Å². The maximum Gasteiger partial charge on any atom is 0.211 e. The topological polar surface area (TPSA) is 62.0 Å². The van der Waals surface area contributed by atoms with Crippen molar-refractivity contribution in [2.24, 2.45) is 0 Å². The lowest BCUT2D eigenvalue weighted by molar-refractivity contribution is 0.578. The van der Waals surface area contributed by atoms with Gasteiger partial charge in [-0.1, -0.05) is 13.3 Å². The van der Waals surface area contributed by atoms with Gasteiger partial charge in [0, 0.05) is 17.9 Å². The van der Waals surface area contributed by atoms with Gasteiger partial charge in [-0.05, 0) is 38.3 Å². The third kappa shape index (κ3) is 4.91. The maximum atomic E-state index is 11.6. The van der Waals surface area contributed by atoms with E-state index in [1.54, 1.807) is 0 Å². The molecule has 0 aliphatic carbocycles. The van der Waals surface area contributed by atoms with Crippen LogP contribution in [0.2, 0.25) is 0 Å². The van der Waals surface area contributed by atoms with Crippen molar-refractivity contribution in [3.8, 4) is 0 Å². The van der Waals surface area contributed by atoms with E-state index >= 15 is 0 Å². The van der Waals surface area contributed by atoms with Crippen LogP contribution in [0.25, 0.3) is 0 Å². The third-order valence-electron chi connectivity index (χ3n) is 2.74. The summed E-state index contributed by atoms with van der Waals surface area (Å²) in [6.45, 7) is 6.47. The number of aromatic amines is 1. The number of aromatic nitrogens is 1. The van der Waals surface area contributed by atoms with Crippen molar-refractivity contribution in [3.05, 3.63) is 23.0 Å². The van der Waals surface area contributed by atoms with Gasteiger partial charge in [-0.3, -0.25) is 0 Å². The van der Waals surface area contributed by atoms with E-state index in [0.717, 1.165) is 30.7 Å². The summed E-state index contributed by atoms with van der Waals surface area (Å²) >= 11 is 0. The first-order valence-corrected chi connectivity index (χ1v) is 7.72. The normalized spacial score (nSPS) is 11.9. The summed E-state index contributed by atoms with van der Waals surface area (Å²) in [5.74, 6) is 0.231. The van der Waals surface area contributed by atoms with Gasteiger partial charge in [-0.2, -0.15) is 0 Å². The smallest absolute Gasteiger partial charge is 0.211 e. The highest BCUT2D eigenvalue weighted by molar-refractivity contribution is 7.89. The van der Waals surface area contributed by atoms with Crippen molar-refractivity contribution in [2.75, 3.05) is 12.3 Å². The van der Waals surface area contributed by atoms with Crippen LogP contribution in [0.1, 0.15) is 36.7 Å². The summed E-state index contributed by atoms with van der Waals surface area (Å²) < 4.78 is 25.7. The molecule has 0 aliphatic heterocycles. The Labute approximate surface area is 104 Å². The van der Waals surface area contributed by atoms with Crippen LogP contribution >= 0.6 is 0 Å². The molecular formula is C12H22N2O2S. The van der Waals surface area contributed by atoms with E-state index in [9.17, 15) is 8.42 Å². The van der Waals surface area contributed by atoms with Crippen LogP contribution < -0.4 is 4.72 Å². The van der Waals surface area contributed by atoms with Crippen LogP contribution in [0.5, 0.6) is 0 Å². The van der Waals surface area contributed by atoms with Gasteiger partial charge in [0.1, 0.15) is 0 Å². The van der Waals surface area contributed by atoms with Gasteiger partial charge in [-0.25, -0.2) is 13.1 Å². The van der Waals surface area contributed by atoms with Gasteiger partial charge in [0.15, 0.2) is 0 Å². The molecule has 98 valence electrons. The van der Waals surface area contributed by atoms with Crippen LogP contribution in [0, 0.1) is 13.8 Å². The molecule has 0 aliphatic rings. The summed E-state index contributed by atoms with van der Waals surface area (Å²) in [6, 6.07) is 2.07. The largest absolute Gasteiger partial charge is 0.362 e. The zero-order valence-electron chi connectivity index (χ0n) is 10.8. The van der Waals surface area contributed by atoms with Gasteiger partial charge >= 0.3 is 0 Å². The first-order valence-electron chi connectivity index (χ1n) is 6.07. The van der Waals surface area contributed by atoms with Gasteiger partial charge in [0.2, 0.25) is 10.0 Å². The monoisotopic (exact) mass is 258 g/mol. The zero-order chi connectivity index (χ0) is 12.9. The molecule has 0 saturated carbocycles. The fourth-order valence-electron chi connectivity index (χ4n) is 1.79. The molecule has 0 fully saturated rings. The molecule has 0 saturated heterocycles. The first kappa shape index (κ1) is 14.3. The van der Waals surface area contributed by atoms with Crippen LogP contribution in [0.4, 0.5) is 0 Å². The highest BCUT2D eigenvalue weighted by Crippen LogP contribution is 2.09. The summed E-state index contributed by atoms with van der Waals surface area (Å²) in [4.78, 5) is 3.21. The minimum atomic E-state index is -3.08. The summed E-state index contributed by atoms with van der Waals surface area (Å²) in [7, 11) is -3.08. The zero-order valence-corrected chi connectivity index (χ0v) is 11.7. The minimum Gasteiger partial charge on any atom is -0.362 e. The minimum absolute atomic E-state index is 0.231. The Bertz CT molecular complexity index is 449. The molecule has 1 heterocycles. The maximum absolute atomic E-state index is 11.6. The number of aryl methyl sites for hydroxylation is 2. The fraction of sp³-hybridized carbons (Fsp3) is 0.667. The molecule has 0 unspecified atom stereocenters. The molecular weight excluding hydrogens is 236 g/mol. The van der Waals surface area contributed by atoms with E-state index in [-0.39, 0.29) is 5.75 Å². The first-order chi connectivity index (χ1) is 7.94. The van der Waals surface area contributed by atoms with E-state index in [0.29, 0.717) is 6.54 Å². The van der Waals surface area contributed by atoms with Crippen molar-refractivity contribution in [3.63, 3.8) is 0 Å². The Kier molecular flexibility index (Phi) is 5.21. The second-order valence-electron chi connectivity index (χ2n) is 4.42. The molecule has 1 aromatic heterocycles. The number of hydrogen-bond acceptors (Lipinski definition) is 2. The lowest BCUT2D eigenvalue weighted by Crippen LogP contribution is -2.28. The number of rotatable bonds is 7. The molecule has 1 aromatic rings. The number of sulfonamides is 1. The van der Waals surface area contributed by atoms with Gasteiger partial charge in [-0.15, -0.1) is 0 Å². The highest BCUT2D eigenvalue weighted by atomic mass is 32.2. The van der Waals surface area contributed by atoms with Crippen LogP contribution in [-0.4, -0.2) is 25.7 Å². The van der Waals surface area contributed by atoms with Crippen molar-refractivity contribution in [2.45, 2.75) is 40.0 Å². The van der Waals surface area contributed by atoms with Gasteiger partial charge in [0.05, 0.1) is 5.75 Å². The van der Waals surface area contributed by atoms with E-state index in [1.165, 1.54) is 5.56 Å². The number of H-pyrrole nitrogens is 1. The van der Waals surface area contributed by atoms with E-state index in [2.05, 4.69) is 15.8 Å². The molecule has 0 radical (unpaired) electrons. The molecule has 0 atom stereocenters. The van der Waals surface area contributed by atoms with Crippen molar-refractivity contribution in [1.29, 1.82) is 0 Å². The molecule has 1 rings (SSSR count). The van der Waals surface area contributed by atoms with Crippen LogP contribution in [0.15, 0.2) is 6.07 Å². The molecule has 17 heavy (non-hydrogen) atoms. The fourth-order valence-corrected chi connectivity index (χ4v) is 3.02. The number of unbranched alkanes of at least 4 members (excludes halogenated alkanes) is 1. The van der Waals surface area contributed by atoms with Gasteiger partial charge in [0.25, 0.3) is 0 Å². The predicted molar refractivity (Wildman–Crippen MR) is 70.7 cm³/mol. The second kappa shape index (κ2) is 6.21.